The average molecular weight is 418 g/mol. The molecule has 8 nitrogen and oxygen atoms in total. The molecule has 31 heavy (non-hydrogen) atoms. The Hall–Kier alpha value is -3.70. The van der Waals surface area contributed by atoms with Gasteiger partial charge in [0.1, 0.15) is 0 Å². The van der Waals surface area contributed by atoms with Gasteiger partial charge in [-0.25, -0.2) is 9.78 Å². The summed E-state index contributed by atoms with van der Waals surface area (Å²) in [4.78, 5) is 29.6. The molecule has 1 fully saturated rings. The van der Waals surface area contributed by atoms with E-state index in [1.54, 1.807) is 36.1 Å². The Balaban J connectivity index is 1.81. The Labute approximate surface area is 179 Å². The number of rotatable bonds is 3. The van der Waals surface area contributed by atoms with E-state index >= 15 is 0 Å². The van der Waals surface area contributed by atoms with Crippen LogP contribution in [-0.4, -0.2) is 60.9 Å². The van der Waals surface area contributed by atoms with Gasteiger partial charge in [0, 0.05) is 42.6 Å². The summed E-state index contributed by atoms with van der Waals surface area (Å²) in [7, 11) is 1.63. The molecule has 0 saturated carbocycles. The highest BCUT2D eigenvalue weighted by Gasteiger charge is 2.42. The minimum absolute atomic E-state index is 0.0504. The van der Waals surface area contributed by atoms with Crippen LogP contribution in [-0.2, 0) is 4.79 Å². The van der Waals surface area contributed by atoms with Crippen LogP contribution in [0.25, 0.3) is 22.2 Å². The summed E-state index contributed by atoms with van der Waals surface area (Å²) in [5.74, 6) is 4.06. The lowest BCUT2D eigenvalue weighted by molar-refractivity contribution is -0.137. The van der Waals surface area contributed by atoms with Crippen LogP contribution in [0.2, 0.25) is 0 Å². The smallest absolute Gasteiger partial charge is 0.354 e. The number of benzene rings is 1. The van der Waals surface area contributed by atoms with Crippen LogP contribution >= 0.6 is 0 Å². The van der Waals surface area contributed by atoms with Crippen LogP contribution in [0.5, 0.6) is 0 Å². The van der Waals surface area contributed by atoms with Crippen molar-refractivity contribution in [1.82, 2.24) is 19.7 Å². The molecule has 0 aliphatic carbocycles. The number of fused-ring (bicyclic) bond motifs is 1. The second-order valence-corrected chi connectivity index (χ2v) is 7.94. The molecule has 0 radical (unpaired) electrons. The zero-order valence-corrected chi connectivity index (χ0v) is 17.5. The van der Waals surface area contributed by atoms with Gasteiger partial charge >= 0.3 is 5.97 Å². The van der Waals surface area contributed by atoms with E-state index in [2.05, 4.69) is 21.9 Å². The Bertz CT molecular complexity index is 1270. The molecule has 3 heterocycles. The average Bonchev–Trinajstić information content (AvgIpc) is 3.29. The molecule has 1 amide bonds. The number of amides is 1. The quantitative estimate of drug-likeness (QED) is 0.632. The number of likely N-dealkylation sites (tertiary alicyclic amines) is 1. The van der Waals surface area contributed by atoms with Gasteiger partial charge in [-0.3, -0.25) is 9.48 Å². The molecule has 4 rings (SSSR count). The normalized spacial score (nSPS) is 18.5. The third-order valence-electron chi connectivity index (χ3n) is 5.36. The van der Waals surface area contributed by atoms with E-state index in [-0.39, 0.29) is 18.2 Å². The van der Waals surface area contributed by atoms with Crippen LogP contribution in [0, 0.1) is 11.8 Å². The summed E-state index contributed by atoms with van der Waals surface area (Å²) in [6, 6.07) is 8.69. The number of carboxylic acids is 1. The number of nitrogens with zero attached hydrogens (tertiary/aromatic N) is 4. The standard InChI is InChI=1S/C23H22N4O4/c1-14(2)27-19-12-18(21(28)29)25-20(17(19)13-24-27)16-6-4-5-15(11-16)7-8-23(31)9-10-26(3)22(23)30/h4-6,11-14,31H,9-10H2,1-3H3,(H,28,29)/t23-/m0/s1. The van der Waals surface area contributed by atoms with Gasteiger partial charge in [0.2, 0.25) is 5.60 Å². The lowest BCUT2D eigenvalue weighted by Crippen LogP contribution is -2.37. The lowest BCUT2D eigenvalue weighted by Gasteiger charge is -2.13. The fraction of sp³-hybridized carbons (Fsp3) is 0.304. The maximum Gasteiger partial charge on any atom is 0.354 e. The molecule has 158 valence electrons. The van der Waals surface area contributed by atoms with Crippen molar-refractivity contribution in [2.24, 2.45) is 0 Å². The third kappa shape index (κ3) is 3.64. The molecule has 2 N–H and O–H groups in total. The summed E-state index contributed by atoms with van der Waals surface area (Å²) in [5, 5.41) is 25.2. The summed E-state index contributed by atoms with van der Waals surface area (Å²) in [6.07, 6.45) is 1.93. The first-order valence-corrected chi connectivity index (χ1v) is 9.93. The van der Waals surface area contributed by atoms with Gasteiger partial charge in [0.05, 0.1) is 17.4 Å². The first-order chi connectivity index (χ1) is 14.7. The van der Waals surface area contributed by atoms with Gasteiger partial charge in [-0.05, 0) is 32.0 Å². The number of carboxylic acid groups (broad SMARTS) is 1. The fourth-order valence-electron chi connectivity index (χ4n) is 3.67. The van der Waals surface area contributed by atoms with Crippen molar-refractivity contribution < 1.29 is 19.8 Å². The van der Waals surface area contributed by atoms with Crippen molar-refractivity contribution in [1.29, 1.82) is 0 Å². The minimum Gasteiger partial charge on any atom is -0.477 e. The predicted octanol–water partition coefficient (Wildman–Crippen LogP) is 2.32. The lowest BCUT2D eigenvalue weighted by atomic mass is 10.0. The maximum absolute atomic E-state index is 12.1. The van der Waals surface area contributed by atoms with Crippen molar-refractivity contribution in [2.45, 2.75) is 31.9 Å². The molecule has 1 aromatic carbocycles. The topological polar surface area (TPSA) is 109 Å². The molecule has 1 saturated heterocycles. The monoisotopic (exact) mass is 418 g/mol. The Morgan fingerprint density at radius 2 is 2.06 bits per heavy atom. The zero-order valence-electron chi connectivity index (χ0n) is 17.5. The molecule has 0 spiro atoms. The summed E-state index contributed by atoms with van der Waals surface area (Å²) in [5.41, 5.74) is 0.668. The van der Waals surface area contributed by atoms with Crippen LogP contribution in [0.15, 0.2) is 36.5 Å². The van der Waals surface area contributed by atoms with Gasteiger partial charge < -0.3 is 15.1 Å². The highest BCUT2D eigenvalue weighted by atomic mass is 16.4. The summed E-state index contributed by atoms with van der Waals surface area (Å²) in [6.45, 7) is 4.39. The van der Waals surface area contributed by atoms with Crippen molar-refractivity contribution in [3.05, 3.63) is 47.8 Å². The molecular formula is C23H22N4O4. The third-order valence-corrected chi connectivity index (χ3v) is 5.36. The molecule has 1 aliphatic heterocycles. The molecule has 3 aromatic rings. The van der Waals surface area contributed by atoms with Crippen molar-refractivity contribution in [3.63, 3.8) is 0 Å². The Kier molecular flexibility index (Phi) is 4.99. The number of likely N-dealkylation sites (N-methyl/N-ethyl adjacent to an activating group) is 1. The molecule has 0 bridgehead atoms. The highest BCUT2D eigenvalue weighted by molar-refractivity contribution is 5.98. The Morgan fingerprint density at radius 3 is 2.71 bits per heavy atom. The van der Waals surface area contributed by atoms with Gasteiger partial charge in [-0.15, -0.1) is 0 Å². The number of hydrogen-bond acceptors (Lipinski definition) is 5. The summed E-state index contributed by atoms with van der Waals surface area (Å²) >= 11 is 0. The molecule has 8 heteroatoms. The highest BCUT2D eigenvalue weighted by Crippen LogP contribution is 2.30. The molecule has 1 aliphatic rings. The van der Waals surface area contributed by atoms with Crippen LogP contribution in [0.4, 0.5) is 0 Å². The number of aromatic carboxylic acids is 1. The van der Waals surface area contributed by atoms with Gasteiger partial charge in [-0.2, -0.15) is 5.10 Å². The molecule has 1 atom stereocenters. The number of carbonyl (C=O) groups excluding carboxylic acids is 1. The zero-order chi connectivity index (χ0) is 22.3. The first-order valence-electron chi connectivity index (χ1n) is 9.93. The number of carbonyl (C=O) groups is 2. The van der Waals surface area contributed by atoms with E-state index in [4.69, 9.17) is 0 Å². The van der Waals surface area contributed by atoms with E-state index in [9.17, 15) is 19.8 Å². The SMILES string of the molecule is CC(C)n1ncc2c(-c3cccc(C#C[C@]4(O)CCN(C)C4=O)c3)nc(C(=O)O)cc21. The number of hydrogen-bond donors (Lipinski definition) is 2. The van der Waals surface area contributed by atoms with Crippen LogP contribution < -0.4 is 0 Å². The fourth-order valence-corrected chi connectivity index (χ4v) is 3.67. The predicted molar refractivity (Wildman–Crippen MR) is 114 cm³/mol. The summed E-state index contributed by atoms with van der Waals surface area (Å²) < 4.78 is 1.76. The van der Waals surface area contributed by atoms with E-state index in [0.29, 0.717) is 28.9 Å². The van der Waals surface area contributed by atoms with E-state index in [0.717, 1.165) is 5.39 Å². The molecular weight excluding hydrogens is 396 g/mol. The van der Waals surface area contributed by atoms with Gasteiger partial charge in [0.25, 0.3) is 5.91 Å². The first kappa shape index (κ1) is 20.6. The minimum atomic E-state index is -1.68. The molecule has 2 aromatic heterocycles. The largest absolute Gasteiger partial charge is 0.477 e. The number of aromatic nitrogens is 3. The molecule has 0 unspecified atom stereocenters. The Morgan fingerprint density at radius 1 is 1.29 bits per heavy atom. The number of pyridine rings is 1. The van der Waals surface area contributed by atoms with Gasteiger partial charge in [-0.1, -0.05) is 24.0 Å². The van der Waals surface area contributed by atoms with Crippen LogP contribution in [0.1, 0.15) is 42.4 Å². The second-order valence-electron chi connectivity index (χ2n) is 7.94. The van der Waals surface area contributed by atoms with E-state index in [1.165, 1.54) is 11.0 Å². The van der Waals surface area contributed by atoms with Crippen molar-refractivity contribution >= 4 is 22.8 Å². The van der Waals surface area contributed by atoms with Gasteiger partial charge in [0.15, 0.2) is 5.69 Å². The van der Waals surface area contributed by atoms with E-state index < -0.39 is 17.5 Å². The van der Waals surface area contributed by atoms with E-state index in [1.807, 2.05) is 19.9 Å². The number of aliphatic hydroxyl groups is 1. The van der Waals surface area contributed by atoms with Crippen LogP contribution in [0.3, 0.4) is 0 Å². The van der Waals surface area contributed by atoms with Crippen molar-refractivity contribution in [3.8, 4) is 23.1 Å². The maximum atomic E-state index is 12.1. The van der Waals surface area contributed by atoms with Crippen molar-refractivity contribution in [2.75, 3.05) is 13.6 Å². The second kappa shape index (κ2) is 7.52.